The minimum absolute atomic E-state index is 0.519. The van der Waals surface area contributed by atoms with Crippen molar-refractivity contribution in [3.05, 3.63) is 10.9 Å². The van der Waals surface area contributed by atoms with Crippen LogP contribution in [0.1, 0.15) is 0 Å². The lowest BCUT2D eigenvalue weighted by atomic mass is 11.1. The van der Waals surface area contributed by atoms with Crippen LogP contribution >= 0.6 is 20.8 Å². The summed E-state index contributed by atoms with van der Waals surface area (Å²) in [4.78, 5) is 0. The topological polar surface area (TPSA) is 0 Å². The zero-order valence-corrected chi connectivity index (χ0v) is 4.62. The van der Waals surface area contributed by atoms with Gasteiger partial charge in [0, 0.05) is 0 Å². The second-order valence-corrected chi connectivity index (χ2v) is 1.96. The fraction of sp³-hybridized carbons (Fsp3) is 0. The van der Waals surface area contributed by atoms with Crippen molar-refractivity contribution in [1.82, 2.24) is 0 Å². The van der Waals surface area contributed by atoms with Gasteiger partial charge in [-0.3, -0.25) is 0 Å². The predicted molar refractivity (Wildman–Crippen MR) is 24.8 cm³/mol. The Hall–Kier alpha value is 0.320. The van der Waals surface area contributed by atoms with Crippen LogP contribution in [0, 0.1) is 0 Å². The molecule has 0 radical (unpaired) electrons. The van der Waals surface area contributed by atoms with Crippen LogP contribution in [-0.2, 0) is 0 Å². The summed E-state index contributed by atoms with van der Waals surface area (Å²) < 4.78 is 21.2. The SMILES string of the molecule is FC(F)=C(P)Cl. The molecule has 0 nitrogen and oxygen atoms in total. The maximum Gasteiger partial charge on any atom is 0.288 e. The van der Waals surface area contributed by atoms with E-state index >= 15 is 0 Å². The quantitative estimate of drug-likeness (QED) is 0.441. The number of hydrogen-bond acceptors (Lipinski definition) is 0. The van der Waals surface area contributed by atoms with Gasteiger partial charge >= 0.3 is 0 Å². The molecule has 1 unspecified atom stereocenters. The Balaban J connectivity index is 3.68. The van der Waals surface area contributed by atoms with Crippen molar-refractivity contribution in [2.24, 2.45) is 0 Å². The first-order chi connectivity index (χ1) is 2.64. The maximum atomic E-state index is 10.9. The second kappa shape index (κ2) is 2.49. The van der Waals surface area contributed by atoms with E-state index in [1.165, 1.54) is 0 Å². The minimum atomic E-state index is -1.85. The van der Waals surface area contributed by atoms with E-state index in [2.05, 4.69) is 0 Å². The van der Waals surface area contributed by atoms with Crippen LogP contribution < -0.4 is 0 Å². The lowest BCUT2D eigenvalue weighted by molar-refractivity contribution is 0.422. The van der Waals surface area contributed by atoms with Crippen LogP contribution in [0.3, 0.4) is 0 Å². The van der Waals surface area contributed by atoms with E-state index in [0.29, 0.717) is 0 Å². The molecule has 0 aliphatic heterocycles. The fourth-order valence-corrected chi connectivity index (χ4v) is 0. The molecule has 0 N–H and O–H groups in total. The number of rotatable bonds is 0. The molecule has 0 aliphatic rings. The van der Waals surface area contributed by atoms with E-state index in [-0.39, 0.29) is 0 Å². The third-order valence-corrected chi connectivity index (χ3v) is 0.542. The van der Waals surface area contributed by atoms with Crippen molar-refractivity contribution in [2.75, 3.05) is 0 Å². The average Bonchev–Trinajstić information content (AvgIpc) is 1.36. The first kappa shape index (κ1) is 6.32. The Kier molecular flexibility index (Phi) is 2.62. The fourth-order valence-electron chi connectivity index (χ4n) is 0. The number of hydrogen-bond donors (Lipinski definition) is 0. The Morgan fingerprint density at radius 1 is 1.50 bits per heavy atom. The zero-order chi connectivity index (χ0) is 5.15. The van der Waals surface area contributed by atoms with Gasteiger partial charge in [-0.1, -0.05) is 20.8 Å². The molecule has 4 heteroatoms. The maximum absolute atomic E-state index is 10.9. The molecular formula is C2H2ClF2P. The van der Waals surface area contributed by atoms with Crippen LogP contribution in [0.5, 0.6) is 0 Å². The largest absolute Gasteiger partial charge is 0.288 e. The van der Waals surface area contributed by atoms with E-state index < -0.39 is 10.9 Å². The molecule has 0 fully saturated rings. The highest BCUT2D eigenvalue weighted by Gasteiger charge is 1.90. The molecule has 0 amide bonds. The van der Waals surface area contributed by atoms with Crippen LogP contribution in [0.2, 0.25) is 0 Å². The summed E-state index contributed by atoms with van der Waals surface area (Å²) in [6.07, 6.45) is -1.85. The monoisotopic (exact) mass is 130 g/mol. The van der Waals surface area contributed by atoms with Crippen molar-refractivity contribution in [3.63, 3.8) is 0 Å². The third kappa shape index (κ3) is 2.55. The molecule has 6 heavy (non-hydrogen) atoms. The van der Waals surface area contributed by atoms with E-state index in [0.717, 1.165) is 0 Å². The molecule has 0 heterocycles. The standard InChI is InChI=1S/C2H2ClF2P/c3-1(6)2(4)5/h6H2. The molecule has 0 bridgehead atoms. The highest BCUT2D eigenvalue weighted by molar-refractivity contribution is 7.27. The van der Waals surface area contributed by atoms with Crippen molar-refractivity contribution >= 4 is 20.8 Å². The minimum Gasteiger partial charge on any atom is -0.172 e. The highest BCUT2D eigenvalue weighted by atomic mass is 35.5. The molecule has 0 rings (SSSR count). The van der Waals surface area contributed by atoms with E-state index in [1.54, 1.807) is 9.24 Å². The lowest BCUT2D eigenvalue weighted by Crippen LogP contribution is -1.51. The van der Waals surface area contributed by atoms with Gasteiger partial charge in [0.1, 0.15) is 0 Å². The van der Waals surface area contributed by atoms with Crippen LogP contribution in [-0.4, -0.2) is 0 Å². The summed E-state index contributed by atoms with van der Waals surface area (Å²) in [7, 11) is 1.67. The third-order valence-electron chi connectivity index (χ3n) is 0.181. The van der Waals surface area contributed by atoms with Gasteiger partial charge in [0.15, 0.2) is 0 Å². The zero-order valence-electron chi connectivity index (χ0n) is 2.71. The lowest BCUT2D eigenvalue weighted by Gasteiger charge is -1.75. The smallest absolute Gasteiger partial charge is 0.172 e. The van der Waals surface area contributed by atoms with Gasteiger partial charge in [-0.15, -0.1) is 0 Å². The molecule has 0 spiro atoms. The normalized spacial score (nSPS) is 8.00. The van der Waals surface area contributed by atoms with Gasteiger partial charge in [0.05, 0.1) is 4.77 Å². The second-order valence-electron chi connectivity index (χ2n) is 0.608. The van der Waals surface area contributed by atoms with Crippen LogP contribution in [0.15, 0.2) is 10.9 Å². The number of halogens is 3. The summed E-state index contributed by atoms with van der Waals surface area (Å²) in [5.74, 6) is 0. The Morgan fingerprint density at radius 3 is 1.67 bits per heavy atom. The first-order valence-corrected chi connectivity index (χ1v) is 2.06. The van der Waals surface area contributed by atoms with Crippen molar-refractivity contribution < 1.29 is 8.78 Å². The van der Waals surface area contributed by atoms with E-state index in [1.807, 2.05) is 0 Å². The molecular weight excluding hydrogens is 128 g/mol. The van der Waals surface area contributed by atoms with Gasteiger partial charge in [-0.05, 0) is 0 Å². The molecule has 0 saturated heterocycles. The van der Waals surface area contributed by atoms with Gasteiger partial charge in [0.2, 0.25) is 0 Å². The summed E-state index contributed by atoms with van der Waals surface area (Å²) >= 11 is 4.71. The van der Waals surface area contributed by atoms with Crippen LogP contribution in [0.25, 0.3) is 0 Å². The van der Waals surface area contributed by atoms with Crippen molar-refractivity contribution in [2.45, 2.75) is 0 Å². The van der Waals surface area contributed by atoms with Gasteiger partial charge < -0.3 is 0 Å². The van der Waals surface area contributed by atoms with Gasteiger partial charge in [-0.25, -0.2) is 0 Å². The molecule has 0 aromatic rings. The summed E-state index contributed by atoms with van der Waals surface area (Å²) in [6.45, 7) is 0. The molecule has 0 aromatic carbocycles. The van der Waals surface area contributed by atoms with Gasteiger partial charge in [-0.2, -0.15) is 8.78 Å². The highest BCUT2D eigenvalue weighted by Crippen LogP contribution is 2.17. The van der Waals surface area contributed by atoms with E-state index in [9.17, 15) is 8.78 Å². The summed E-state index contributed by atoms with van der Waals surface area (Å²) in [5, 5.41) is 0. The Bertz CT molecular complexity index is 61.6. The van der Waals surface area contributed by atoms with Crippen LogP contribution in [0.4, 0.5) is 8.78 Å². The average molecular weight is 130 g/mol. The van der Waals surface area contributed by atoms with Crippen molar-refractivity contribution in [3.8, 4) is 0 Å². The summed E-state index contributed by atoms with van der Waals surface area (Å²) in [6, 6.07) is 0. The predicted octanol–water partition coefficient (Wildman–Crippen LogP) is 2.17. The molecule has 0 saturated carbocycles. The molecule has 1 atom stereocenters. The molecule has 36 valence electrons. The molecule has 0 aromatic heterocycles. The Morgan fingerprint density at radius 2 is 1.67 bits per heavy atom. The van der Waals surface area contributed by atoms with Gasteiger partial charge in [0.25, 0.3) is 6.08 Å². The Labute approximate surface area is 41.4 Å². The van der Waals surface area contributed by atoms with E-state index in [4.69, 9.17) is 11.6 Å². The van der Waals surface area contributed by atoms with Crippen molar-refractivity contribution in [1.29, 1.82) is 0 Å². The molecule has 0 aliphatic carbocycles. The summed E-state index contributed by atoms with van der Waals surface area (Å²) in [5.41, 5.74) is 0. The first-order valence-electron chi connectivity index (χ1n) is 1.11.